The Hall–Kier alpha value is -1.09. The second kappa shape index (κ2) is 5.70. The van der Waals surface area contributed by atoms with E-state index in [0.29, 0.717) is 6.42 Å². The van der Waals surface area contributed by atoms with Crippen LogP contribution < -0.4 is 5.73 Å². The van der Waals surface area contributed by atoms with Crippen molar-refractivity contribution in [1.82, 2.24) is 4.98 Å². The van der Waals surface area contributed by atoms with Gasteiger partial charge in [-0.05, 0) is 36.8 Å². The van der Waals surface area contributed by atoms with Crippen LogP contribution in [0, 0.1) is 5.92 Å². The molecule has 2 unspecified atom stereocenters. The number of aromatic nitrogens is 1. The molecule has 0 saturated heterocycles. The van der Waals surface area contributed by atoms with Crippen molar-refractivity contribution in [3.8, 4) is 0 Å². The van der Waals surface area contributed by atoms with Gasteiger partial charge < -0.3 is 10.8 Å². The third-order valence-corrected chi connectivity index (χ3v) is 4.31. The van der Waals surface area contributed by atoms with Gasteiger partial charge in [0, 0.05) is 24.5 Å². The van der Waals surface area contributed by atoms with Gasteiger partial charge in [-0.2, -0.15) is 0 Å². The Kier molecular flexibility index (Phi) is 4.23. The molecule has 0 radical (unpaired) electrons. The number of nitrogen functional groups attached to an aromatic ring is 1. The fourth-order valence-electron chi connectivity index (χ4n) is 2.99. The fraction of sp³-hybridized carbons (Fsp3) is 0.667. The molecule has 3 heteroatoms. The third kappa shape index (κ3) is 3.22. The average molecular weight is 248 g/mol. The molecular weight excluding hydrogens is 224 g/mol. The number of aliphatic hydroxyl groups is 1. The lowest BCUT2D eigenvalue weighted by atomic mass is 9.87. The maximum absolute atomic E-state index is 10.8. The summed E-state index contributed by atoms with van der Waals surface area (Å²) in [5.41, 5.74) is 7.08. The van der Waals surface area contributed by atoms with Gasteiger partial charge in [0.2, 0.25) is 0 Å². The van der Waals surface area contributed by atoms with Gasteiger partial charge in [-0.25, -0.2) is 0 Å². The van der Waals surface area contributed by atoms with E-state index in [4.69, 9.17) is 5.73 Å². The standard InChI is InChI=1S/C15H24N2O/c1-2-12-4-3-7-15(18,8-5-12)10-13-11-17-9-6-14(13)16/h6,9,11-12,18H,2-5,7-8,10H2,1H3,(H2,16,17). The highest BCUT2D eigenvalue weighted by atomic mass is 16.3. The second-order valence-electron chi connectivity index (χ2n) is 5.68. The van der Waals surface area contributed by atoms with Crippen molar-refractivity contribution < 1.29 is 5.11 Å². The van der Waals surface area contributed by atoms with Crippen molar-refractivity contribution in [2.24, 2.45) is 5.92 Å². The molecule has 2 atom stereocenters. The molecule has 0 spiro atoms. The van der Waals surface area contributed by atoms with Crippen LogP contribution >= 0.6 is 0 Å². The smallest absolute Gasteiger partial charge is 0.0689 e. The Bertz CT molecular complexity index is 394. The van der Waals surface area contributed by atoms with E-state index in [1.807, 2.05) is 6.07 Å². The van der Waals surface area contributed by atoms with Crippen molar-refractivity contribution in [2.75, 3.05) is 5.73 Å². The number of hydrogen-bond acceptors (Lipinski definition) is 3. The van der Waals surface area contributed by atoms with Gasteiger partial charge in [0.05, 0.1) is 5.60 Å². The lowest BCUT2D eigenvalue weighted by molar-refractivity contribution is 0.0242. The van der Waals surface area contributed by atoms with E-state index < -0.39 is 5.60 Å². The highest BCUT2D eigenvalue weighted by Crippen LogP contribution is 2.34. The number of rotatable bonds is 3. The lowest BCUT2D eigenvalue weighted by Crippen LogP contribution is -2.31. The summed E-state index contributed by atoms with van der Waals surface area (Å²) in [7, 11) is 0. The normalized spacial score (nSPS) is 28.9. The lowest BCUT2D eigenvalue weighted by Gasteiger charge is -2.27. The van der Waals surface area contributed by atoms with Gasteiger partial charge in [0.25, 0.3) is 0 Å². The molecule has 1 aliphatic rings. The molecule has 3 N–H and O–H groups in total. The molecule has 0 aliphatic heterocycles. The minimum atomic E-state index is -0.582. The van der Waals surface area contributed by atoms with Crippen LogP contribution in [-0.2, 0) is 6.42 Å². The molecule has 100 valence electrons. The minimum Gasteiger partial charge on any atom is -0.398 e. The Morgan fingerprint density at radius 1 is 1.44 bits per heavy atom. The second-order valence-corrected chi connectivity index (χ2v) is 5.68. The Morgan fingerprint density at radius 3 is 3.00 bits per heavy atom. The maximum Gasteiger partial charge on any atom is 0.0689 e. The minimum absolute atomic E-state index is 0.582. The molecule has 0 amide bonds. The van der Waals surface area contributed by atoms with Crippen molar-refractivity contribution in [1.29, 1.82) is 0 Å². The third-order valence-electron chi connectivity index (χ3n) is 4.31. The monoisotopic (exact) mass is 248 g/mol. The van der Waals surface area contributed by atoms with Gasteiger partial charge in [-0.3, -0.25) is 4.98 Å². The van der Waals surface area contributed by atoms with Crippen molar-refractivity contribution in [3.05, 3.63) is 24.0 Å². The fourth-order valence-corrected chi connectivity index (χ4v) is 2.99. The molecule has 1 aromatic rings. The number of pyridine rings is 1. The van der Waals surface area contributed by atoms with Crippen LogP contribution in [0.1, 0.15) is 51.0 Å². The summed E-state index contributed by atoms with van der Waals surface area (Å²) in [4.78, 5) is 4.11. The van der Waals surface area contributed by atoms with E-state index >= 15 is 0 Å². The van der Waals surface area contributed by atoms with Gasteiger partial charge in [0.1, 0.15) is 0 Å². The van der Waals surface area contributed by atoms with Crippen LogP contribution in [-0.4, -0.2) is 15.7 Å². The van der Waals surface area contributed by atoms with Crippen molar-refractivity contribution in [2.45, 2.75) is 57.5 Å². The quantitative estimate of drug-likeness (QED) is 0.809. The predicted octanol–water partition coefficient (Wildman–Crippen LogP) is 2.93. The molecule has 1 aromatic heterocycles. The molecule has 2 rings (SSSR count). The number of nitrogens with zero attached hydrogens (tertiary/aromatic N) is 1. The Labute approximate surface area is 109 Å². The highest BCUT2D eigenvalue weighted by Gasteiger charge is 2.31. The summed E-state index contributed by atoms with van der Waals surface area (Å²) in [6.45, 7) is 2.24. The molecular formula is C15H24N2O. The zero-order chi connectivity index (χ0) is 13.0. The number of nitrogens with two attached hydrogens (primary N) is 1. The zero-order valence-electron chi connectivity index (χ0n) is 11.2. The molecule has 1 saturated carbocycles. The van der Waals surface area contributed by atoms with Crippen LogP contribution in [0.25, 0.3) is 0 Å². The predicted molar refractivity (Wildman–Crippen MR) is 74.2 cm³/mol. The summed E-state index contributed by atoms with van der Waals surface area (Å²) < 4.78 is 0. The van der Waals surface area contributed by atoms with E-state index in [2.05, 4.69) is 11.9 Å². The molecule has 1 aliphatic carbocycles. The summed E-state index contributed by atoms with van der Waals surface area (Å²) in [6.07, 6.45) is 10.6. The van der Waals surface area contributed by atoms with E-state index in [1.165, 1.54) is 12.8 Å². The van der Waals surface area contributed by atoms with Gasteiger partial charge in [-0.1, -0.05) is 26.2 Å². The molecule has 0 aromatic carbocycles. The van der Waals surface area contributed by atoms with Crippen LogP contribution in [0.5, 0.6) is 0 Å². The van der Waals surface area contributed by atoms with E-state index in [9.17, 15) is 5.11 Å². The average Bonchev–Trinajstić information content (AvgIpc) is 2.54. The van der Waals surface area contributed by atoms with Gasteiger partial charge in [-0.15, -0.1) is 0 Å². The zero-order valence-corrected chi connectivity index (χ0v) is 11.2. The van der Waals surface area contributed by atoms with Gasteiger partial charge >= 0.3 is 0 Å². The van der Waals surface area contributed by atoms with E-state index in [1.54, 1.807) is 12.4 Å². The molecule has 1 heterocycles. The first-order valence-electron chi connectivity index (χ1n) is 7.04. The summed E-state index contributed by atoms with van der Waals surface area (Å²) in [6, 6.07) is 1.81. The van der Waals surface area contributed by atoms with E-state index in [0.717, 1.165) is 42.9 Å². The summed E-state index contributed by atoms with van der Waals surface area (Å²) >= 11 is 0. The number of anilines is 1. The largest absolute Gasteiger partial charge is 0.398 e. The topological polar surface area (TPSA) is 59.1 Å². The first-order chi connectivity index (χ1) is 8.63. The SMILES string of the molecule is CCC1CCCC(O)(Cc2cnccc2N)CC1. The van der Waals surface area contributed by atoms with Crippen LogP contribution in [0.3, 0.4) is 0 Å². The highest BCUT2D eigenvalue weighted by molar-refractivity contribution is 5.45. The Balaban J connectivity index is 2.05. The van der Waals surface area contributed by atoms with Crippen LogP contribution in [0.15, 0.2) is 18.5 Å². The van der Waals surface area contributed by atoms with Crippen molar-refractivity contribution >= 4 is 5.69 Å². The molecule has 3 nitrogen and oxygen atoms in total. The van der Waals surface area contributed by atoms with Gasteiger partial charge in [0.15, 0.2) is 0 Å². The number of hydrogen-bond donors (Lipinski definition) is 2. The first-order valence-corrected chi connectivity index (χ1v) is 7.04. The van der Waals surface area contributed by atoms with Crippen LogP contribution in [0.4, 0.5) is 5.69 Å². The molecule has 18 heavy (non-hydrogen) atoms. The molecule has 0 bridgehead atoms. The Morgan fingerprint density at radius 2 is 2.28 bits per heavy atom. The maximum atomic E-state index is 10.8. The van der Waals surface area contributed by atoms with E-state index in [-0.39, 0.29) is 0 Å². The van der Waals surface area contributed by atoms with Crippen LogP contribution in [0.2, 0.25) is 0 Å². The first kappa shape index (κ1) is 13.3. The summed E-state index contributed by atoms with van der Waals surface area (Å²) in [5.74, 6) is 0.783. The molecule has 1 fully saturated rings. The summed E-state index contributed by atoms with van der Waals surface area (Å²) in [5, 5.41) is 10.8. The van der Waals surface area contributed by atoms with Crippen molar-refractivity contribution in [3.63, 3.8) is 0 Å².